The molecule has 1 fully saturated rings. The Balaban J connectivity index is 1.98. The molecule has 4 nitrogen and oxygen atoms in total. The summed E-state index contributed by atoms with van der Waals surface area (Å²) in [5.41, 5.74) is 0.636. The predicted molar refractivity (Wildman–Crippen MR) is 65.4 cm³/mol. The van der Waals surface area contributed by atoms with E-state index >= 15 is 0 Å². The van der Waals surface area contributed by atoms with E-state index in [1.165, 1.54) is 0 Å². The van der Waals surface area contributed by atoms with Crippen LogP contribution in [0.2, 0.25) is 0 Å². The quantitative estimate of drug-likeness (QED) is 0.870. The summed E-state index contributed by atoms with van der Waals surface area (Å²) in [6.45, 7) is 3.54. The lowest BCUT2D eigenvalue weighted by Gasteiger charge is -2.36. The SMILES string of the molecule is CN(Cc1ccoc1)C(=O)C1(C)CCCCN1. The summed E-state index contributed by atoms with van der Waals surface area (Å²) in [6.07, 6.45) is 6.51. The first-order chi connectivity index (χ1) is 8.12. The average Bonchev–Trinajstić information content (AvgIpc) is 2.81. The van der Waals surface area contributed by atoms with Crippen LogP contribution in [-0.2, 0) is 11.3 Å². The lowest BCUT2D eigenvalue weighted by Crippen LogP contribution is -2.57. The van der Waals surface area contributed by atoms with Crippen LogP contribution in [0.5, 0.6) is 0 Å². The number of rotatable bonds is 3. The summed E-state index contributed by atoms with van der Waals surface area (Å²) in [5, 5.41) is 3.34. The van der Waals surface area contributed by atoms with Crippen LogP contribution >= 0.6 is 0 Å². The molecule has 2 rings (SSSR count). The molecule has 1 aliphatic rings. The molecular weight excluding hydrogens is 216 g/mol. The molecule has 0 bridgehead atoms. The van der Waals surface area contributed by atoms with Crippen LogP contribution in [0.4, 0.5) is 0 Å². The molecule has 1 atom stereocenters. The number of piperidine rings is 1. The van der Waals surface area contributed by atoms with Crippen molar-refractivity contribution in [3.8, 4) is 0 Å². The highest BCUT2D eigenvalue weighted by Gasteiger charge is 2.36. The summed E-state index contributed by atoms with van der Waals surface area (Å²) >= 11 is 0. The third-order valence-corrected chi connectivity index (χ3v) is 3.44. The van der Waals surface area contributed by atoms with Crippen LogP contribution in [0.1, 0.15) is 31.7 Å². The van der Waals surface area contributed by atoms with Gasteiger partial charge in [0.05, 0.1) is 18.1 Å². The molecule has 1 aromatic heterocycles. The highest BCUT2D eigenvalue weighted by molar-refractivity contribution is 5.85. The number of likely N-dealkylation sites (N-methyl/N-ethyl adjacent to an activating group) is 1. The first-order valence-corrected chi connectivity index (χ1v) is 6.13. The molecule has 1 N–H and O–H groups in total. The van der Waals surface area contributed by atoms with Crippen LogP contribution in [0.3, 0.4) is 0 Å². The maximum atomic E-state index is 12.4. The van der Waals surface area contributed by atoms with E-state index in [-0.39, 0.29) is 5.91 Å². The smallest absolute Gasteiger partial charge is 0.242 e. The van der Waals surface area contributed by atoms with E-state index < -0.39 is 5.54 Å². The molecule has 1 amide bonds. The van der Waals surface area contributed by atoms with Gasteiger partial charge in [-0.3, -0.25) is 4.79 Å². The largest absolute Gasteiger partial charge is 0.472 e. The average molecular weight is 236 g/mol. The summed E-state index contributed by atoms with van der Waals surface area (Å²) in [5.74, 6) is 0.165. The Kier molecular flexibility index (Phi) is 3.52. The highest BCUT2D eigenvalue weighted by atomic mass is 16.3. The van der Waals surface area contributed by atoms with E-state index in [2.05, 4.69) is 5.32 Å². The van der Waals surface area contributed by atoms with Gasteiger partial charge in [-0.05, 0) is 38.8 Å². The van der Waals surface area contributed by atoms with Gasteiger partial charge in [0.25, 0.3) is 0 Å². The van der Waals surface area contributed by atoms with Gasteiger partial charge in [0.15, 0.2) is 0 Å². The third kappa shape index (κ3) is 2.69. The van der Waals surface area contributed by atoms with Gasteiger partial charge in [0.1, 0.15) is 0 Å². The van der Waals surface area contributed by atoms with Crippen molar-refractivity contribution < 1.29 is 9.21 Å². The highest BCUT2D eigenvalue weighted by Crippen LogP contribution is 2.21. The fourth-order valence-electron chi connectivity index (χ4n) is 2.39. The van der Waals surface area contributed by atoms with E-state index in [1.54, 1.807) is 17.4 Å². The van der Waals surface area contributed by atoms with Crippen molar-refractivity contribution >= 4 is 5.91 Å². The number of carbonyl (C=O) groups excluding carboxylic acids is 1. The standard InChI is InChI=1S/C13H20N2O2/c1-13(6-3-4-7-14-13)12(16)15(2)9-11-5-8-17-10-11/h5,8,10,14H,3-4,6-7,9H2,1-2H3. The Labute approximate surface area is 102 Å². The number of nitrogens with zero attached hydrogens (tertiary/aromatic N) is 1. The lowest BCUT2D eigenvalue weighted by molar-refractivity contribution is -0.137. The second-order valence-corrected chi connectivity index (χ2v) is 5.01. The summed E-state index contributed by atoms with van der Waals surface area (Å²) < 4.78 is 5.01. The summed E-state index contributed by atoms with van der Waals surface area (Å²) in [6, 6.07) is 1.89. The van der Waals surface area contributed by atoms with Crippen molar-refractivity contribution in [2.24, 2.45) is 0 Å². The fourth-order valence-corrected chi connectivity index (χ4v) is 2.39. The number of amides is 1. The molecule has 0 saturated carbocycles. The molecule has 2 heterocycles. The molecule has 17 heavy (non-hydrogen) atoms. The second kappa shape index (κ2) is 4.92. The van der Waals surface area contributed by atoms with Gasteiger partial charge in [-0.2, -0.15) is 0 Å². The monoisotopic (exact) mass is 236 g/mol. The van der Waals surface area contributed by atoms with Crippen molar-refractivity contribution in [2.75, 3.05) is 13.6 Å². The topological polar surface area (TPSA) is 45.5 Å². The Morgan fingerprint density at radius 1 is 1.59 bits per heavy atom. The molecule has 1 saturated heterocycles. The number of carbonyl (C=O) groups is 1. The third-order valence-electron chi connectivity index (χ3n) is 3.44. The Bertz CT molecular complexity index is 367. The molecule has 4 heteroatoms. The van der Waals surface area contributed by atoms with Crippen molar-refractivity contribution in [1.29, 1.82) is 0 Å². The first-order valence-electron chi connectivity index (χ1n) is 6.13. The van der Waals surface area contributed by atoms with Crippen LogP contribution in [0.25, 0.3) is 0 Å². The minimum absolute atomic E-state index is 0.165. The van der Waals surface area contributed by atoms with Gasteiger partial charge in [-0.25, -0.2) is 0 Å². The molecule has 0 spiro atoms. The lowest BCUT2D eigenvalue weighted by atomic mass is 9.89. The molecule has 1 unspecified atom stereocenters. The second-order valence-electron chi connectivity index (χ2n) is 5.01. The van der Waals surface area contributed by atoms with Crippen molar-refractivity contribution in [2.45, 2.75) is 38.3 Å². The van der Waals surface area contributed by atoms with E-state index in [0.29, 0.717) is 6.54 Å². The maximum absolute atomic E-state index is 12.4. The zero-order valence-electron chi connectivity index (χ0n) is 10.5. The Morgan fingerprint density at radius 2 is 2.41 bits per heavy atom. The number of furan rings is 1. The minimum Gasteiger partial charge on any atom is -0.472 e. The number of hydrogen-bond acceptors (Lipinski definition) is 3. The molecule has 94 valence electrons. The molecule has 1 aromatic rings. The van der Waals surface area contributed by atoms with Crippen molar-refractivity contribution in [1.82, 2.24) is 10.2 Å². The van der Waals surface area contributed by atoms with Gasteiger partial charge in [-0.1, -0.05) is 0 Å². The van der Waals surface area contributed by atoms with Gasteiger partial charge in [0, 0.05) is 19.2 Å². The van der Waals surface area contributed by atoms with Gasteiger partial charge >= 0.3 is 0 Å². The normalized spacial score (nSPS) is 24.6. The van der Waals surface area contributed by atoms with Crippen LogP contribution in [-0.4, -0.2) is 29.9 Å². The van der Waals surface area contributed by atoms with E-state index in [1.807, 2.05) is 20.0 Å². The summed E-state index contributed by atoms with van der Waals surface area (Å²) in [4.78, 5) is 14.1. The fraction of sp³-hybridized carbons (Fsp3) is 0.615. The van der Waals surface area contributed by atoms with Gasteiger partial charge in [-0.15, -0.1) is 0 Å². The van der Waals surface area contributed by atoms with Crippen LogP contribution in [0, 0.1) is 0 Å². The van der Waals surface area contributed by atoms with Crippen molar-refractivity contribution in [3.05, 3.63) is 24.2 Å². The van der Waals surface area contributed by atoms with E-state index in [9.17, 15) is 4.79 Å². The van der Waals surface area contributed by atoms with Crippen LogP contribution in [0.15, 0.2) is 23.0 Å². The van der Waals surface area contributed by atoms with Gasteiger partial charge in [0.2, 0.25) is 5.91 Å². The van der Waals surface area contributed by atoms with Crippen LogP contribution < -0.4 is 5.32 Å². The molecule has 0 aliphatic carbocycles. The number of hydrogen-bond donors (Lipinski definition) is 1. The van der Waals surface area contributed by atoms with Gasteiger partial charge < -0.3 is 14.6 Å². The summed E-state index contributed by atoms with van der Waals surface area (Å²) in [7, 11) is 1.84. The molecule has 1 aliphatic heterocycles. The van der Waals surface area contributed by atoms with E-state index in [4.69, 9.17) is 4.42 Å². The van der Waals surface area contributed by atoms with E-state index in [0.717, 1.165) is 31.4 Å². The number of nitrogens with one attached hydrogen (secondary N) is 1. The predicted octanol–water partition coefficient (Wildman–Crippen LogP) is 1.77. The molecule has 0 radical (unpaired) electrons. The first kappa shape index (κ1) is 12.2. The molecule has 0 aromatic carbocycles. The maximum Gasteiger partial charge on any atom is 0.242 e. The Hall–Kier alpha value is -1.29. The van der Waals surface area contributed by atoms with Crippen molar-refractivity contribution in [3.63, 3.8) is 0 Å². The minimum atomic E-state index is -0.392. The zero-order valence-corrected chi connectivity index (χ0v) is 10.5. The zero-order chi connectivity index (χ0) is 12.3. The molecular formula is C13H20N2O2. The Morgan fingerprint density at radius 3 is 3.00 bits per heavy atom.